The first-order valence-corrected chi connectivity index (χ1v) is 9.66. The lowest BCUT2D eigenvalue weighted by atomic mass is 10.2. The summed E-state index contributed by atoms with van der Waals surface area (Å²) < 4.78 is 6.78. The molecule has 1 atom stereocenters. The monoisotopic (exact) mass is 368 g/mol. The second-order valence-electron chi connectivity index (χ2n) is 6.47. The molecule has 0 aliphatic carbocycles. The lowest BCUT2D eigenvalue weighted by Gasteiger charge is -2.22. The van der Waals surface area contributed by atoms with E-state index in [0.717, 1.165) is 22.5 Å². The zero-order valence-electron chi connectivity index (χ0n) is 14.6. The van der Waals surface area contributed by atoms with Crippen molar-refractivity contribution in [2.45, 2.75) is 36.5 Å². The number of nitrogens with zero attached hydrogens (tertiary/aromatic N) is 2. The Morgan fingerprint density at radius 1 is 1.19 bits per heavy atom. The van der Waals surface area contributed by atoms with Gasteiger partial charge in [0.05, 0.1) is 11.2 Å². The lowest BCUT2D eigenvalue weighted by molar-refractivity contribution is -0.118. The normalized spacial score (nSPS) is 17.1. The van der Waals surface area contributed by atoms with Gasteiger partial charge in [0.25, 0.3) is 0 Å². The van der Waals surface area contributed by atoms with Crippen molar-refractivity contribution in [3.05, 3.63) is 59.1 Å². The number of hydrogen-bond acceptors (Lipinski definition) is 4. The average Bonchev–Trinajstić information content (AvgIpc) is 2.85. The number of anilines is 1. The van der Waals surface area contributed by atoms with Gasteiger partial charge in [-0.2, -0.15) is 0 Å². The van der Waals surface area contributed by atoms with Gasteiger partial charge in [0.1, 0.15) is 0 Å². The van der Waals surface area contributed by atoms with Crippen LogP contribution in [0.5, 0.6) is 0 Å². The number of carbonyl (C=O) groups excluding carboxylic acids is 1. The highest BCUT2D eigenvalue weighted by molar-refractivity contribution is 8.00. The first kappa shape index (κ1) is 17.0. The molecule has 1 amide bonds. The molecule has 1 aliphatic heterocycles. The summed E-state index contributed by atoms with van der Waals surface area (Å²) in [6.45, 7) is 3.20. The Hall–Kier alpha value is -2.47. The van der Waals surface area contributed by atoms with Crippen LogP contribution in [0.4, 0.5) is 5.69 Å². The SMILES string of the molecule is CC1CCN(C(=O)CCn2c(=O)oc3ccccc32)c2ccccc2S1. The molecule has 0 radical (unpaired) electrons. The summed E-state index contributed by atoms with van der Waals surface area (Å²) in [5.74, 6) is -0.385. The molecule has 26 heavy (non-hydrogen) atoms. The summed E-state index contributed by atoms with van der Waals surface area (Å²) in [4.78, 5) is 28.0. The molecule has 6 heteroatoms. The van der Waals surface area contributed by atoms with E-state index in [1.165, 1.54) is 4.57 Å². The Morgan fingerprint density at radius 3 is 2.85 bits per heavy atom. The van der Waals surface area contributed by atoms with E-state index in [4.69, 9.17) is 4.42 Å². The number of carbonyl (C=O) groups is 1. The van der Waals surface area contributed by atoms with E-state index >= 15 is 0 Å². The zero-order chi connectivity index (χ0) is 18.1. The van der Waals surface area contributed by atoms with Gasteiger partial charge in [0.15, 0.2) is 5.58 Å². The molecule has 0 spiro atoms. The summed E-state index contributed by atoms with van der Waals surface area (Å²) >= 11 is 1.81. The number of para-hydroxylation sites is 3. The van der Waals surface area contributed by atoms with Crippen LogP contribution in [0.25, 0.3) is 11.1 Å². The fraction of sp³-hybridized carbons (Fsp3) is 0.300. The number of hydrogen-bond donors (Lipinski definition) is 0. The number of benzene rings is 2. The van der Waals surface area contributed by atoms with E-state index in [1.54, 1.807) is 6.07 Å². The lowest BCUT2D eigenvalue weighted by Crippen LogP contribution is -2.33. The minimum Gasteiger partial charge on any atom is -0.408 e. The molecule has 1 aromatic heterocycles. The summed E-state index contributed by atoms with van der Waals surface area (Å²) in [6, 6.07) is 15.3. The van der Waals surface area contributed by atoms with Crippen LogP contribution in [0.3, 0.4) is 0 Å². The van der Waals surface area contributed by atoms with E-state index in [2.05, 4.69) is 13.0 Å². The van der Waals surface area contributed by atoms with E-state index in [1.807, 2.05) is 53.1 Å². The van der Waals surface area contributed by atoms with Crippen LogP contribution in [-0.4, -0.2) is 22.3 Å². The molecular formula is C20H20N2O3S. The Labute approximate surface area is 155 Å². The van der Waals surface area contributed by atoms with Crippen molar-refractivity contribution in [3.63, 3.8) is 0 Å². The Bertz CT molecular complexity index is 1010. The molecule has 0 bridgehead atoms. The second-order valence-corrected chi connectivity index (χ2v) is 7.95. The van der Waals surface area contributed by atoms with Gasteiger partial charge in [0, 0.05) is 29.7 Å². The van der Waals surface area contributed by atoms with Crippen molar-refractivity contribution in [2.75, 3.05) is 11.4 Å². The molecular weight excluding hydrogens is 348 g/mol. The van der Waals surface area contributed by atoms with Gasteiger partial charge in [-0.1, -0.05) is 31.2 Å². The fourth-order valence-corrected chi connectivity index (χ4v) is 4.43. The first-order valence-electron chi connectivity index (χ1n) is 8.78. The van der Waals surface area contributed by atoms with Crippen molar-refractivity contribution in [1.82, 2.24) is 4.57 Å². The average molecular weight is 368 g/mol. The van der Waals surface area contributed by atoms with Crippen molar-refractivity contribution >= 4 is 34.5 Å². The molecule has 2 aromatic carbocycles. The van der Waals surface area contributed by atoms with Gasteiger partial charge in [-0.3, -0.25) is 9.36 Å². The number of thioether (sulfide) groups is 1. The maximum Gasteiger partial charge on any atom is 0.419 e. The number of fused-ring (bicyclic) bond motifs is 2. The van der Waals surface area contributed by atoms with Gasteiger partial charge in [-0.25, -0.2) is 4.79 Å². The topological polar surface area (TPSA) is 55.5 Å². The third kappa shape index (κ3) is 3.17. The number of aromatic nitrogens is 1. The number of oxazole rings is 1. The van der Waals surface area contributed by atoms with Crippen molar-refractivity contribution < 1.29 is 9.21 Å². The van der Waals surface area contributed by atoms with Crippen LogP contribution >= 0.6 is 11.8 Å². The molecule has 4 rings (SSSR count). The standard InChI is InChI=1S/C20H20N2O3S/c1-14-10-12-21(16-7-3-5-9-18(16)26-14)19(23)11-13-22-15-6-2-4-8-17(15)25-20(22)24/h2-9,14H,10-13H2,1H3. The highest BCUT2D eigenvalue weighted by Crippen LogP contribution is 2.37. The number of aryl methyl sites for hydroxylation is 1. The quantitative estimate of drug-likeness (QED) is 0.703. The van der Waals surface area contributed by atoms with E-state index in [-0.39, 0.29) is 12.3 Å². The molecule has 0 fully saturated rings. The summed E-state index contributed by atoms with van der Waals surface area (Å²) in [5.41, 5.74) is 2.25. The summed E-state index contributed by atoms with van der Waals surface area (Å²) in [6.07, 6.45) is 1.20. The third-order valence-corrected chi connectivity index (χ3v) is 5.90. The molecule has 0 saturated carbocycles. The van der Waals surface area contributed by atoms with Gasteiger partial charge >= 0.3 is 5.76 Å². The molecule has 2 heterocycles. The van der Waals surface area contributed by atoms with E-state index in [9.17, 15) is 9.59 Å². The van der Waals surface area contributed by atoms with Gasteiger partial charge < -0.3 is 9.32 Å². The molecule has 134 valence electrons. The second kappa shape index (κ2) is 7.03. The molecule has 0 N–H and O–H groups in total. The highest BCUT2D eigenvalue weighted by atomic mass is 32.2. The van der Waals surface area contributed by atoms with Crippen LogP contribution in [0, 0.1) is 0 Å². The molecule has 5 nitrogen and oxygen atoms in total. The van der Waals surface area contributed by atoms with Crippen molar-refractivity contribution in [3.8, 4) is 0 Å². The van der Waals surface area contributed by atoms with Crippen molar-refractivity contribution in [2.24, 2.45) is 0 Å². The maximum absolute atomic E-state index is 12.9. The van der Waals surface area contributed by atoms with Gasteiger partial charge in [-0.15, -0.1) is 11.8 Å². The van der Waals surface area contributed by atoms with E-state index in [0.29, 0.717) is 23.9 Å². The van der Waals surface area contributed by atoms with Crippen LogP contribution < -0.4 is 10.7 Å². The first-order chi connectivity index (χ1) is 12.6. The third-order valence-electron chi connectivity index (χ3n) is 4.67. The summed E-state index contributed by atoms with van der Waals surface area (Å²) in [7, 11) is 0. The van der Waals surface area contributed by atoms with Gasteiger partial charge in [-0.05, 0) is 30.7 Å². The zero-order valence-corrected chi connectivity index (χ0v) is 15.4. The van der Waals surface area contributed by atoms with Crippen LogP contribution in [0.1, 0.15) is 19.8 Å². The van der Waals surface area contributed by atoms with E-state index < -0.39 is 5.76 Å². The number of amides is 1. The minimum atomic E-state index is -0.417. The highest BCUT2D eigenvalue weighted by Gasteiger charge is 2.24. The molecule has 0 saturated heterocycles. The largest absolute Gasteiger partial charge is 0.419 e. The van der Waals surface area contributed by atoms with Crippen molar-refractivity contribution in [1.29, 1.82) is 0 Å². The minimum absolute atomic E-state index is 0.0318. The predicted octanol–water partition coefficient (Wildman–Crippen LogP) is 3.90. The van der Waals surface area contributed by atoms with Crippen LogP contribution in [-0.2, 0) is 11.3 Å². The fourth-order valence-electron chi connectivity index (χ4n) is 3.31. The predicted molar refractivity (Wildman–Crippen MR) is 104 cm³/mol. The molecule has 3 aromatic rings. The van der Waals surface area contributed by atoms with Crippen LogP contribution in [0.2, 0.25) is 0 Å². The Morgan fingerprint density at radius 2 is 1.96 bits per heavy atom. The smallest absolute Gasteiger partial charge is 0.408 e. The number of rotatable bonds is 3. The molecule has 1 aliphatic rings. The maximum atomic E-state index is 12.9. The Kier molecular flexibility index (Phi) is 4.59. The summed E-state index contributed by atoms with van der Waals surface area (Å²) in [5, 5.41) is 0.467. The molecule has 1 unspecified atom stereocenters. The van der Waals surface area contributed by atoms with Gasteiger partial charge in [0.2, 0.25) is 5.91 Å². The van der Waals surface area contributed by atoms with Crippen LogP contribution in [0.15, 0.2) is 62.6 Å². The Balaban J connectivity index is 1.57.